The first-order chi connectivity index (χ1) is 17.0. The summed E-state index contributed by atoms with van der Waals surface area (Å²) in [6, 6.07) is 27.2. The van der Waals surface area contributed by atoms with Crippen LogP contribution in [0.25, 0.3) is 0 Å². The fourth-order valence-corrected chi connectivity index (χ4v) is 5.94. The molecule has 5 rings (SSSR count). The summed E-state index contributed by atoms with van der Waals surface area (Å²) in [4.78, 5) is 27.2. The van der Waals surface area contributed by atoms with Crippen LogP contribution in [0.1, 0.15) is 42.5 Å². The average Bonchev–Trinajstić information content (AvgIpc) is 3.33. The molecule has 0 saturated carbocycles. The standard InChI is InChI=1S/C30H28O5/c1-4-33-26(31)20-28(27(32)34-5-2)21(3)29(22-14-8-6-9-15-22)24-18-12-13-19-25(24)30(28,35-29)23-16-10-7-11-17-23/h6-19H,3-5,20H2,1-2H3/t28-,29+,30-/m0/s1. The molecule has 0 amide bonds. The summed E-state index contributed by atoms with van der Waals surface area (Å²) in [5, 5.41) is 0. The van der Waals surface area contributed by atoms with Gasteiger partial charge in [-0.25, -0.2) is 0 Å². The average molecular weight is 469 g/mol. The van der Waals surface area contributed by atoms with Crippen molar-refractivity contribution in [1.82, 2.24) is 0 Å². The Morgan fingerprint density at radius 1 is 0.771 bits per heavy atom. The van der Waals surface area contributed by atoms with Crippen LogP contribution in [0.3, 0.4) is 0 Å². The van der Waals surface area contributed by atoms with E-state index >= 15 is 0 Å². The Morgan fingerprint density at radius 2 is 1.31 bits per heavy atom. The molecule has 0 spiro atoms. The van der Waals surface area contributed by atoms with Gasteiger partial charge in [-0.15, -0.1) is 0 Å². The minimum absolute atomic E-state index is 0.154. The number of hydrogen-bond donors (Lipinski definition) is 0. The van der Waals surface area contributed by atoms with Crippen molar-refractivity contribution in [3.05, 3.63) is 119 Å². The molecule has 3 aromatic carbocycles. The van der Waals surface area contributed by atoms with Crippen molar-refractivity contribution in [2.45, 2.75) is 31.5 Å². The Bertz CT molecular complexity index is 1280. The monoisotopic (exact) mass is 468 g/mol. The van der Waals surface area contributed by atoms with Gasteiger partial charge in [0.25, 0.3) is 0 Å². The van der Waals surface area contributed by atoms with Crippen molar-refractivity contribution in [2.75, 3.05) is 13.2 Å². The summed E-state index contributed by atoms with van der Waals surface area (Å²) < 4.78 is 18.2. The maximum atomic E-state index is 14.1. The zero-order valence-electron chi connectivity index (χ0n) is 20.0. The van der Waals surface area contributed by atoms with Gasteiger partial charge in [0.05, 0.1) is 19.6 Å². The second-order valence-corrected chi connectivity index (χ2v) is 8.83. The molecule has 2 aliphatic heterocycles. The summed E-state index contributed by atoms with van der Waals surface area (Å²) >= 11 is 0. The van der Waals surface area contributed by atoms with Gasteiger partial charge in [-0.2, -0.15) is 0 Å². The number of hydrogen-bond acceptors (Lipinski definition) is 5. The second-order valence-electron chi connectivity index (χ2n) is 8.83. The van der Waals surface area contributed by atoms with E-state index in [1.807, 2.05) is 84.9 Å². The van der Waals surface area contributed by atoms with Gasteiger partial charge in [0.15, 0.2) is 0 Å². The molecule has 0 aromatic heterocycles. The van der Waals surface area contributed by atoms with Crippen LogP contribution in [-0.4, -0.2) is 25.2 Å². The van der Waals surface area contributed by atoms with Crippen molar-refractivity contribution in [2.24, 2.45) is 5.41 Å². The Labute approximate surface area is 205 Å². The summed E-state index contributed by atoms with van der Waals surface area (Å²) in [7, 11) is 0. The lowest BCUT2D eigenvalue weighted by atomic mass is 9.54. The zero-order valence-corrected chi connectivity index (χ0v) is 20.0. The lowest BCUT2D eigenvalue weighted by Gasteiger charge is -2.44. The molecule has 3 aromatic rings. The Balaban J connectivity index is 1.91. The third-order valence-corrected chi connectivity index (χ3v) is 7.23. The summed E-state index contributed by atoms with van der Waals surface area (Å²) in [5.41, 5.74) is -0.231. The minimum Gasteiger partial charge on any atom is -0.466 e. The van der Waals surface area contributed by atoms with Crippen molar-refractivity contribution < 1.29 is 23.8 Å². The van der Waals surface area contributed by atoms with Gasteiger partial charge in [-0.05, 0) is 41.7 Å². The normalized spacial score (nSPS) is 26.3. The molecule has 178 valence electrons. The van der Waals surface area contributed by atoms with E-state index in [0.717, 1.165) is 22.3 Å². The molecule has 0 radical (unpaired) electrons. The van der Waals surface area contributed by atoms with Crippen LogP contribution in [0.2, 0.25) is 0 Å². The molecule has 1 saturated heterocycles. The number of benzene rings is 3. The van der Waals surface area contributed by atoms with Crippen LogP contribution < -0.4 is 0 Å². The quantitative estimate of drug-likeness (QED) is 0.349. The van der Waals surface area contributed by atoms with E-state index in [1.54, 1.807) is 13.8 Å². The van der Waals surface area contributed by atoms with Crippen molar-refractivity contribution in [3.8, 4) is 0 Å². The molecule has 1 fully saturated rings. The number of rotatable bonds is 7. The maximum Gasteiger partial charge on any atom is 0.320 e. The summed E-state index contributed by atoms with van der Waals surface area (Å²) in [5.74, 6) is -1.05. The first kappa shape index (κ1) is 23.1. The number of carbonyl (C=O) groups excluding carboxylic acids is 2. The third kappa shape index (κ3) is 2.91. The van der Waals surface area contributed by atoms with E-state index in [9.17, 15) is 9.59 Å². The van der Waals surface area contributed by atoms with Gasteiger partial charge in [0, 0.05) is 0 Å². The molecule has 0 unspecified atom stereocenters. The highest BCUT2D eigenvalue weighted by atomic mass is 16.6. The molecule has 0 N–H and O–H groups in total. The van der Waals surface area contributed by atoms with Gasteiger partial charge < -0.3 is 14.2 Å². The van der Waals surface area contributed by atoms with Crippen molar-refractivity contribution in [3.63, 3.8) is 0 Å². The molecule has 2 bridgehead atoms. The smallest absolute Gasteiger partial charge is 0.320 e. The fraction of sp³-hybridized carbons (Fsp3) is 0.267. The number of esters is 2. The van der Waals surface area contributed by atoms with E-state index in [2.05, 4.69) is 6.58 Å². The zero-order chi connectivity index (χ0) is 24.7. The molecular weight excluding hydrogens is 440 g/mol. The molecule has 0 aliphatic carbocycles. The number of ether oxygens (including phenoxy) is 3. The van der Waals surface area contributed by atoms with Crippen LogP contribution in [-0.2, 0) is 35.0 Å². The topological polar surface area (TPSA) is 61.8 Å². The number of fused-ring (bicyclic) bond motifs is 5. The largest absolute Gasteiger partial charge is 0.466 e. The molecule has 3 atom stereocenters. The first-order valence-electron chi connectivity index (χ1n) is 11.9. The Kier molecular flexibility index (Phi) is 5.60. The lowest BCUT2D eigenvalue weighted by molar-refractivity contribution is -0.171. The minimum atomic E-state index is -1.54. The van der Waals surface area contributed by atoms with Crippen LogP contribution >= 0.6 is 0 Å². The van der Waals surface area contributed by atoms with Crippen molar-refractivity contribution in [1.29, 1.82) is 0 Å². The predicted octanol–water partition coefficient (Wildman–Crippen LogP) is 5.28. The first-order valence-corrected chi connectivity index (χ1v) is 11.9. The molecule has 2 heterocycles. The second kappa shape index (κ2) is 8.51. The van der Waals surface area contributed by atoms with E-state index in [1.165, 1.54) is 0 Å². The summed E-state index contributed by atoms with van der Waals surface area (Å²) in [6.07, 6.45) is -0.254. The van der Waals surface area contributed by atoms with Gasteiger partial charge in [0.1, 0.15) is 16.6 Å². The molecule has 5 heteroatoms. The highest BCUT2D eigenvalue weighted by molar-refractivity contribution is 5.93. The van der Waals surface area contributed by atoms with E-state index < -0.39 is 28.6 Å². The molecule has 2 aliphatic rings. The van der Waals surface area contributed by atoms with Crippen LogP contribution in [0, 0.1) is 5.41 Å². The van der Waals surface area contributed by atoms with Crippen molar-refractivity contribution >= 4 is 11.9 Å². The molecule has 35 heavy (non-hydrogen) atoms. The summed E-state index contributed by atoms with van der Waals surface area (Å²) in [6.45, 7) is 8.34. The van der Waals surface area contributed by atoms with E-state index in [4.69, 9.17) is 14.2 Å². The van der Waals surface area contributed by atoms with Gasteiger partial charge in [-0.1, -0.05) is 91.5 Å². The number of carbonyl (C=O) groups is 2. The van der Waals surface area contributed by atoms with Crippen LogP contribution in [0.4, 0.5) is 0 Å². The van der Waals surface area contributed by atoms with Crippen LogP contribution in [0.15, 0.2) is 97.1 Å². The van der Waals surface area contributed by atoms with E-state index in [0.29, 0.717) is 5.57 Å². The van der Waals surface area contributed by atoms with Gasteiger partial charge in [-0.3, -0.25) is 9.59 Å². The van der Waals surface area contributed by atoms with Gasteiger partial charge in [0.2, 0.25) is 0 Å². The Morgan fingerprint density at radius 3 is 1.91 bits per heavy atom. The predicted molar refractivity (Wildman–Crippen MR) is 131 cm³/mol. The maximum absolute atomic E-state index is 14.1. The fourth-order valence-electron chi connectivity index (χ4n) is 5.94. The van der Waals surface area contributed by atoms with E-state index in [-0.39, 0.29) is 19.6 Å². The molecule has 5 nitrogen and oxygen atoms in total. The highest BCUT2D eigenvalue weighted by Gasteiger charge is 2.79. The lowest BCUT2D eigenvalue weighted by Crippen LogP contribution is -2.53. The van der Waals surface area contributed by atoms with Crippen LogP contribution in [0.5, 0.6) is 0 Å². The highest BCUT2D eigenvalue weighted by Crippen LogP contribution is 2.74. The third-order valence-electron chi connectivity index (χ3n) is 7.23. The Hall–Kier alpha value is -3.70. The molecular formula is C30H28O5. The van der Waals surface area contributed by atoms with Gasteiger partial charge >= 0.3 is 11.9 Å². The SMILES string of the molecule is C=C1[C@]2(c3ccccc3)O[C@@](c3ccccc3)(c3ccccc32)[C@]1(CC(=O)OCC)C(=O)OCC.